The molecule has 0 radical (unpaired) electrons. The number of aliphatic imine (C=N–C) groups is 1. The Morgan fingerprint density at radius 1 is 1.19 bits per heavy atom. The normalized spacial score (nSPS) is 11.0. The molecular formula is C19H22FIN6. The fourth-order valence-electron chi connectivity index (χ4n) is 2.49. The zero-order chi connectivity index (χ0) is 18.2. The predicted octanol–water partition coefficient (Wildman–Crippen LogP) is 2.93. The van der Waals surface area contributed by atoms with E-state index in [4.69, 9.17) is 0 Å². The zero-order valence-electron chi connectivity index (χ0n) is 15.0. The van der Waals surface area contributed by atoms with Gasteiger partial charge in [-0.2, -0.15) is 0 Å². The first-order chi connectivity index (χ1) is 12.8. The minimum atomic E-state index is -0.179. The average molecular weight is 480 g/mol. The van der Waals surface area contributed by atoms with Gasteiger partial charge in [0.25, 0.3) is 0 Å². The summed E-state index contributed by atoms with van der Waals surface area (Å²) >= 11 is 0. The number of rotatable bonds is 6. The van der Waals surface area contributed by atoms with E-state index in [1.807, 2.05) is 35.2 Å². The van der Waals surface area contributed by atoms with E-state index >= 15 is 0 Å². The van der Waals surface area contributed by atoms with Crippen molar-refractivity contribution >= 4 is 29.9 Å². The van der Waals surface area contributed by atoms with Crippen LogP contribution in [0.5, 0.6) is 0 Å². The van der Waals surface area contributed by atoms with Gasteiger partial charge in [-0.3, -0.25) is 9.56 Å². The summed E-state index contributed by atoms with van der Waals surface area (Å²) < 4.78 is 15.5. The summed E-state index contributed by atoms with van der Waals surface area (Å²) in [7, 11) is 1.71. The molecule has 2 heterocycles. The van der Waals surface area contributed by atoms with Gasteiger partial charge in [-0.1, -0.05) is 24.3 Å². The summed E-state index contributed by atoms with van der Waals surface area (Å²) in [4.78, 5) is 12.6. The molecule has 0 fully saturated rings. The lowest BCUT2D eigenvalue weighted by Crippen LogP contribution is -2.37. The van der Waals surface area contributed by atoms with E-state index in [1.54, 1.807) is 31.7 Å². The van der Waals surface area contributed by atoms with Gasteiger partial charge in [0.05, 0.1) is 0 Å². The molecule has 0 amide bonds. The van der Waals surface area contributed by atoms with Crippen LogP contribution in [0.25, 0.3) is 5.82 Å². The molecule has 27 heavy (non-hydrogen) atoms. The number of imidazole rings is 1. The van der Waals surface area contributed by atoms with Gasteiger partial charge in [0, 0.05) is 38.7 Å². The summed E-state index contributed by atoms with van der Waals surface area (Å²) in [5, 5.41) is 6.42. The molecule has 0 aliphatic heterocycles. The molecule has 0 bridgehead atoms. The Morgan fingerprint density at radius 3 is 2.70 bits per heavy atom. The van der Waals surface area contributed by atoms with Crippen LogP contribution in [0.1, 0.15) is 11.1 Å². The van der Waals surface area contributed by atoms with Crippen LogP contribution in [0, 0.1) is 5.82 Å². The largest absolute Gasteiger partial charge is 0.356 e. The zero-order valence-corrected chi connectivity index (χ0v) is 17.3. The van der Waals surface area contributed by atoms with Gasteiger partial charge in [-0.15, -0.1) is 24.0 Å². The van der Waals surface area contributed by atoms with Crippen molar-refractivity contribution in [1.82, 2.24) is 25.2 Å². The lowest BCUT2D eigenvalue weighted by atomic mass is 10.1. The van der Waals surface area contributed by atoms with Crippen LogP contribution in [0.15, 0.2) is 66.3 Å². The van der Waals surface area contributed by atoms with Crippen molar-refractivity contribution in [3.8, 4) is 5.82 Å². The second-order valence-corrected chi connectivity index (χ2v) is 5.69. The van der Waals surface area contributed by atoms with Crippen molar-refractivity contribution in [3.63, 3.8) is 0 Å². The molecule has 2 aromatic heterocycles. The first kappa shape index (κ1) is 20.8. The molecule has 3 rings (SSSR count). The highest BCUT2D eigenvalue weighted by Crippen LogP contribution is 2.06. The SMILES string of the molecule is CN=C(NCCc1ccccc1F)NCc1ccc(-n2ccnc2)nc1.I. The predicted molar refractivity (Wildman–Crippen MR) is 115 cm³/mol. The molecule has 0 unspecified atom stereocenters. The molecule has 0 saturated heterocycles. The van der Waals surface area contributed by atoms with E-state index in [0.717, 1.165) is 11.4 Å². The van der Waals surface area contributed by atoms with Gasteiger partial charge in [0.1, 0.15) is 18.0 Å². The maximum atomic E-state index is 13.6. The van der Waals surface area contributed by atoms with Crippen molar-refractivity contribution in [2.45, 2.75) is 13.0 Å². The van der Waals surface area contributed by atoms with Gasteiger partial charge in [-0.05, 0) is 29.7 Å². The van der Waals surface area contributed by atoms with Crippen molar-refractivity contribution < 1.29 is 4.39 Å². The Hall–Kier alpha value is -2.49. The smallest absolute Gasteiger partial charge is 0.191 e. The van der Waals surface area contributed by atoms with Gasteiger partial charge in [0.2, 0.25) is 0 Å². The van der Waals surface area contributed by atoms with Gasteiger partial charge in [0.15, 0.2) is 5.96 Å². The van der Waals surface area contributed by atoms with E-state index in [9.17, 15) is 4.39 Å². The van der Waals surface area contributed by atoms with Gasteiger partial charge in [-0.25, -0.2) is 14.4 Å². The number of aromatic nitrogens is 3. The minimum Gasteiger partial charge on any atom is -0.356 e. The Morgan fingerprint density at radius 2 is 2.04 bits per heavy atom. The number of pyridine rings is 1. The maximum absolute atomic E-state index is 13.6. The lowest BCUT2D eigenvalue weighted by molar-refractivity contribution is 0.606. The van der Waals surface area contributed by atoms with E-state index < -0.39 is 0 Å². The summed E-state index contributed by atoms with van der Waals surface area (Å²) in [5.74, 6) is 1.31. The molecular weight excluding hydrogens is 458 g/mol. The number of guanidine groups is 1. The van der Waals surface area contributed by atoms with E-state index in [1.165, 1.54) is 6.07 Å². The standard InChI is InChI=1S/C19H21FN6.HI/c1-21-19(23-9-8-16-4-2-3-5-17(16)20)25-13-15-6-7-18(24-12-15)26-11-10-22-14-26;/h2-7,10-12,14H,8-9,13H2,1H3,(H2,21,23,25);1H. The van der Waals surface area contributed by atoms with E-state index in [-0.39, 0.29) is 29.8 Å². The van der Waals surface area contributed by atoms with Crippen molar-refractivity contribution in [3.05, 3.63) is 78.3 Å². The maximum Gasteiger partial charge on any atom is 0.191 e. The molecule has 0 spiro atoms. The number of nitrogens with zero attached hydrogens (tertiary/aromatic N) is 4. The van der Waals surface area contributed by atoms with Crippen molar-refractivity contribution in [1.29, 1.82) is 0 Å². The molecule has 142 valence electrons. The Kier molecular flexibility index (Phi) is 8.18. The van der Waals surface area contributed by atoms with Crippen LogP contribution in [0.2, 0.25) is 0 Å². The second-order valence-electron chi connectivity index (χ2n) is 5.69. The minimum absolute atomic E-state index is 0. The molecule has 3 aromatic rings. The molecule has 6 nitrogen and oxygen atoms in total. The summed E-state index contributed by atoms with van der Waals surface area (Å²) in [6.45, 7) is 1.19. The molecule has 0 aliphatic carbocycles. The molecule has 0 aliphatic rings. The van der Waals surface area contributed by atoms with Crippen molar-refractivity contribution in [2.75, 3.05) is 13.6 Å². The van der Waals surface area contributed by atoms with Crippen molar-refractivity contribution in [2.24, 2.45) is 4.99 Å². The van der Waals surface area contributed by atoms with Crippen LogP contribution >= 0.6 is 24.0 Å². The topological polar surface area (TPSA) is 67.1 Å². The fourth-order valence-corrected chi connectivity index (χ4v) is 2.49. The molecule has 8 heteroatoms. The number of hydrogen-bond acceptors (Lipinski definition) is 3. The number of nitrogens with one attached hydrogen (secondary N) is 2. The highest BCUT2D eigenvalue weighted by atomic mass is 127. The third-order valence-corrected chi connectivity index (χ3v) is 3.91. The van der Waals surface area contributed by atoms with E-state index in [2.05, 4.69) is 25.6 Å². The summed E-state index contributed by atoms with van der Waals surface area (Å²) in [6, 6.07) is 10.7. The second kappa shape index (κ2) is 10.6. The monoisotopic (exact) mass is 480 g/mol. The highest BCUT2D eigenvalue weighted by molar-refractivity contribution is 14.0. The van der Waals surface area contributed by atoms with Crippen LogP contribution in [0.3, 0.4) is 0 Å². The van der Waals surface area contributed by atoms with Crippen LogP contribution in [-0.4, -0.2) is 34.1 Å². The third-order valence-electron chi connectivity index (χ3n) is 3.91. The van der Waals surface area contributed by atoms with Crippen LogP contribution < -0.4 is 10.6 Å². The Labute approximate surface area is 175 Å². The summed E-state index contributed by atoms with van der Waals surface area (Å²) in [5.41, 5.74) is 1.72. The molecule has 1 aromatic carbocycles. The number of benzene rings is 1. The molecule has 0 atom stereocenters. The van der Waals surface area contributed by atoms with E-state index in [0.29, 0.717) is 31.0 Å². The molecule has 2 N–H and O–H groups in total. The quantitative estimate of drug-likeness (QED) is 0.324. The number of hydrogen-bond donors (Lipinski definition) is 2. The Balaban J connectivity index is 0.00000261. The van der Waals surface area contributed by atoms with Gasteiger partial charge < -0.3 is 10.6 Å². The van der Waals surface area contributed by atoms with Crippen LogP contribution in [-0.2, 0) is 13.0 Å². The lowest BCUT2D eigenvalue weighted by Gasteiger charge is -2.12. The van der Waals surface area contributed by atoms with Gasteiger partial charge >= 0.3 is 0 Å². The highest BCUT2D eigenvalue weighted by Gasteiger charge is 2.03. The Bertz CT molecular complexity index is 849. The first-order valence-electron chi connectivity index (χ1n) is 8.37. The third kappa shape index (κ3) is 6.02. The average Bonchev–Trinajstić information content (AvgIpc) is 3.21. The fraction of sp³-hybridized carbons (Fsp3) is 0.211. The molecule has 0 saturated carbocycles. The van der Waals surface area contributed by atoms with Crippen LogP contribution in [0.4, 0.5) is 4.39 Å². The number of halogens is 2. The first-order valence-corrected chi connectivity index (χ1v) is 8.37. The summed E-state index contributed by atoms with van der Waals surface area (Å²) in [6.07, 6.45) is 7.68.